The molecular weight excluding hydrogens is 258 g/mol. The number of ether oxygens (including phenoxy) is 1. The normalized spacial score (nSPS) is 18.3. The summed E-state index contributed by atoms with van der Waals surface area (Å²) in [4.78, 5) is 12.8. The first-order chi connectivity index (χ1) is 9.47. The predicted octanol–water partition coefficient (Wildman–Crippen LogP) is 2.18. The summed E-state index contributed by atoms with van der Waals surface area (Å²) in [7, 11) is 1.97. The first kappa shape index (κ1) is 14.6. The van der Waals surface area contributed by atoms with E-state index < -0.39 is 0 Å². The number of nitrogens with one attached hydrogen (secondary N) is 1. The number of nitrogens with zero attached hydrogens (tertiary/aromatic N) is 2. The predicted molar refractivity (Wildman–Crippen MR) is 78.5 cm³/mol. The van der Waals surface area contributed by atoms with Crippen LogP contribution in [0.15, 0.2) is 18.2 Å². The smallest absolute Gasteiger partial charge is 0.275 e. The van der Waals surface area contributed by atoms with Gasteiger partial charge in [-0.2, -0.15) is 0 Å². The van der Waals surface area contributed by atoms with Gasteiger partial charge in [-0.05, 0) is 26.8 Å². The number of non-ortho nitro benzene ring substituents is 1. The van der Waals surface area contributed by atoms with Gasteiger partial charge in [-0.3, -0.25) is 10.1 Å². The molecule has 0 bridgehead atoms. The van der Waals surface area contributed by atoms with Gasteiger partial charge in [0.05, 0.1) is 17.1 Å². The summed E-state index contributed by atoms with van der Waals surface area (Å²) in [6.07, 6.45) is 1.03. The first-order valence-electron chi connectivity index (χ1n) is 6.87. The van der Waals surface area contributed by atoms with Crippen molar-refractivity contribution in [2.75, 3.05) is 25.0 Å². The molecule has 1 aromatic rings. The molecule has 2 rings (SSSR count). The summed E-state index contributed by atoms with van der Waals surface area (Å²) in [5.41, 5.74) is 0.888. The van der Waals surface area contributed by atoms with E-state index in [9.17, 15) is 10.1 Å². The summed E-state index contributed by atoms with van der Waals surface area (Å²) in [5.74, 6) is 0.544. The van der Waals surface area contributed by atoms with Crippen molar-refractivity contribution >= 4 is 11.4 Å². The number of hydrogen-bond donors (Lipinski definition) is 1. The summed E-state index contributed by atoms with van der Waals surface area (Å²) in [6.45, 7) is 5.70. The van der Waals surface area contributed by atoms with Crippen molar-refractivity contribution in [2.24, 2.45) is 0 Å². The molecule has 1 saturated heterocycles. The largest absolute Gasteiger partial charge is 0.491 e. The molecule has 110 valence electrons. The minimum Gasteiger partial charge on any atom is -0.491 e. The number of nitro benzene ring substituents is 1. The monoisotopic (exact) mass is 279 g/mol. The van der Waals surface area contributed by atoms with Crippen LogP contribution >= 0.6 is 0 Å². The van der Waals surface area contributed by atoms with Crippen molar-refractivity contribution in [1.29, 1.82) is 0 Å². The fourth-order valence-electron chi connectivity index (χ4n) is 2.40. The van der Waals surface area contributed by atoms with Crippen molar-refractivity contribution in [3.63, 3.8) is 0 Å². The maximum Gasteiger partial charge on any atom is 0.275 e. The van der Waals surface area contributed by atoms with Gasteiger partial charge in [0.25, 0.3) is 5.69 Å². The van der Waals surface area contributed by atoms with Crippen LogP contribution in [-0.4, -0.2) is 37.2 Å². The third-order valence-corrected chi connectivity index (χ3v) is 3.45. The van der Waals surface area contributed by atoms with E-state index in [0.29, 0.717) is 11.8 Å². The molecule has 0 spiro atoms. The molecule has 1 aliphatic heterocycles. The second-order valence-electron chi connectivity index (χ2n) is 5.37. The Hall–Kier alpha value is -1.82. The molecule has 0 amide bonds. The Morgan fingerprint density at radius 2 is 2.20 bits per heavy atom. The van der Waals surface area contributed by atoms with Crippen LogP contribution < -0.4 is 15.0 Å². The van der Waals surface area contributed by atoms with Gasteiger partial charge in [-0.25, -0.2) is 0 Å². The zero-order valence-corrected chi connectivity index (χ0v) is 12.1. The highest BCUT2D eigenvalue weighted by Crippen LogP contribution is 2.30. The second kappa shape index (κ2) is 6.09. The molecule has 1 N–H and O–H groups in total. The highest BCUT2D eigenvalue weighted by molar-refractivity contribution is 5.58. The van der Waals surface area contributed by atoms with Crippen molar-refractivity contribution in [1.82, 2.24) is 5.32 Å². The van der Waals surface area contributed by atoms with Gasteiger partial charge >= 0.3 is 0 Å². The van der Waals surface area contributed by atoms with E-state index in [1.165, 1.54) is 6.07 Å². The van der Waals surface area contributed by atoms with Crippen LogP contribution in [0.3, 0.4) is 0 Å². The van der Waals surface area contributed by atoms with Crippen molar-refractivity contribution in [2.45, 2.75) is 32.4 Å². The molecule has 0 aliphatic carbocycles. The zero-order chi connectivity index (χ0) is 14.7. The van der Waals surface area contributed by atoms with Crippen LogP contribution in [0.1, 0.15) is 20.3 Å². The Morgan fingerprint density at radius 3 is 2.75 bits per heavy atom. The standard InChI is InChI=1S/C14H21N3O3/c1-10(2)20-14-7-12(6-13(8-14)17(18)19)16(3)11-4-5-15-9-11/h6-8,10-11,15H,4-5,9H2,1-3H3. The van der Waals surface area contributed by atoms with Gasteiger partial charge in [0, 0.05) is 37.5 Å². The lowest BCUT2D eigenvalue weighted by Crippen LogP contribution is -2.33. The van der Waals surface area contributed by atoms with E-state index >= 15 is 0 Å². The second-order valence-corrected chi connectivity index (χ2v) is 5.37. The minimum atomic E-state index is -0.378. The lowest BCUT2D eigenvalue weighted by molar-refractivity contribution is -0.384. The van der Waals surface area contributed by atoms with Gasteiger partial charge in [0.15, 0.2) is 0 Å². The fraction of sp³-hybridized carbons (Fsp3) is 0.571. The van der Waals surface area contributed by atoms with E-state index in [1.807, 2.05) is 27.0 Å². The van der Waals surface area contributed by atoms with E-state index in [4.69, 9.17) is 4.74 Å². The highest BCUT2D eigenvalue weighted by atomic mass is 16.6. The molecule has 6 nitrogen and oxygen atoms in total. The number of hydrogen-bond acceptors (Lipinski definition) is 5. The molecule has 6 heteroatoms. The van der Waals surface area contributed by atoms with Crippen LogP contribution in [0.5, 0.6) is 5.75 Å². The van der Waals surface area contributed by atoms with Crippen molar-refractivity contribution < 1.29 is 9.66 Å². The van der Waals surface area contributed by atoms with E-state index in [0.717, 1.165) is 25.2 Å². The van der Waals surface area contributed by atoms with Crippen LogP contribution in [0, 0.1) is 10.1 Å². The highest BCUT2D eigenvalue weighted by Gasteiger charge is 2.22. The number of likely N-dealkylation sites (N-methyl/N-ethyl adjacent to an activating group) is 1. The quantitative estimate of drug-likeness (QED) is 0.661. The summed E-state index contributed by atoms with van der Waals surface area (Å²) < 4.78 is 5.61. The van der Waals surface area contributed by atoms with Crippen molar-refractivity contribution in [3.05, 3.63) is 28.3 Å². The lowest BCUT2D eigenvalue weighted by Gasteiger charge is -2.26. The zero-order valence-electron chi connectivity index (χ0n) is 12.1. The van der Waals surface area contributed by atoms with Gasteiger partial charge < -0.3 is 15.0 Å². The van der Waals surface area contributed by atoms with Gasteiger partial charge in [0.2, 0.25) is 0 Å². The van der Waals surface area contributed by atoms with Crippen LogP contribution in [-0.2, 0) is 0 Å². The molecule has 1 aliphatic rings. The van der Waals surface area contributed by atoms with Crippen LogP contribution in [0.25, 0.3) is 0 Å². The Balaban J connectivity index is 2.30. The van der Waals surface area contributed by atoms with E-state index in [-0.39, 0.29) is 16.7 Å². The maximum atomic E-state index is 11.1. The first-order valence-corrected chi connectivity index (χ1v) is 6.87. The molecule has 1 atom stereocenters. The number of anilines is 1. The average molecular weight is 279 g/mol. The van der Waals surface area contributed by atoms with Gasteiger partial charge in [-0.1, -0.05) is 0 Å². The van der Waals surface area contributed by atoms with Gasteiger partial charge in [0.1, 0.15) is 5.75 Å². The molecule has 1 fully saturated rings. The molecule has 0 saturated carbocycles. The van der Waals surface area contributed by atoms with Gasteiger partial charge in [-0.15, -0.1) is 0 Å². The number of rotatable bonds is 5. The fourth-order valence-corrected chi connectivity index (χ4v) is 2.40. The molecule has 1 aromatic carbocycles. The third-order valence-electron chi connectivity index (χ3n) is 3.45. The van der Waals surface area contributed by atoms with E-state index in [1.54, 1.807) is 6.07 Å². The number of nitro groups is 1. The Bertz CT molecular complexity index is 485. The molecule has 0 radical (unpaired) electrons. The Kier molecular flexibility index (Phi) is 4.44. The average Bonchev–Trinajstić information content (AvgIpc) is 2.90. The van der Waals surface area contributed by atoms with Crippen LogP contribution in [0.2, 0.25) is 0 Å². The number of benzene rings is 1. The molecule has 1 unspecified atom stereocenters. The summed E-state index contributed by atoms with van der Waals surface area (Å²) >= 11 is 0. The van der Waals surface area contributed by atoms with Crippen LogP contribution in [0.4, 0.5) is 11.4 Å². The molecule has 20 heavy (non-hydrogen) atoms. The summed E-state index contributed by atoms with van der Waals surface area (Å²) in [6, 6.07) is 5.31. The lowest BCUT2D eigenvalue weighted by atomic mass is 10.2. The third kappa shape index (κ3) is 3.39. The minimum absolute atomic E-state index is 0.0108. The molecule has 0 aromatic heterocycles. The molecule has 1 heterocycles. The molecular formula is C14H21N3O3. The van der Waals surface area contributed by atoms with E-state index in [2.05, 4.69) is 10.2 Å². The summed E-state index contributed by atoms with van der Waals surface area (Å²) in [5, 5.41) is 14.4. The SMILES string of the molecule is CC(C)Oc1cc(N(C)C2CCNC2)cc([N+](=O)[O-])c1. The topological polar surface area (TPSA) is 67.6 Å². The van der Waals surface area contributed by atoms with Crippen molar-refractivity contribution in [3.8, 4) is 5.75 Å². The Morgan fingerprint density at radius 1 is 1.45 bits per heavy atom. The maximum absolute atomic E-state index is 11.1. The Labute approximate surface area is 118 Å².